The Morgan fingerprint density at radius 3 is 2.50 bits per heavy atom. The average Bonchev–Trinajstić information content (AvgIpc) is 3.04. The molecule has 1 amide bonds. The zero-order valence-electron chi connectivity index (χ0n) is 13.0. The van der Waals surface area contributed by atoms with E-state index in [4.69, 9.17) is 0 Å². The van der Waals surface area contributed by atoms with E-state index in [2.05, 4.69) is 43.5 Å². The number of hydrogen-bond acceptors (Lipinski definition) is 3. The standard InChI is InChI=1S/C18H21NOS2/c1-13-3-5-14(6-4-13)16-9-12-22-17(16)18(20)19-10-7-15(21-2)8-11-19/h3-6,9,12,15H,7-8,10-11H2,1-2H3. The van der Waals surface area contributed by atoms with E-state index in [9.17, 15) is 4.79 Å². The van der Waals surface area contributed by atoms with Gasteiger partial charge in [0.1, 0.15) is 0 Å². The molecule has 1 aromatic carbocycles. The van der Waals surface area contributed by atoms with Crippen molar-refractivity contribution < 1.29 is 4.79 Å². The molecule has 2 aromatic rings. The minimum absolute atomic E-state index is 0.199. The van der Waals surface area contributed by atoms with Crippen LogP contribution in [0.2, 0.25) is 0 Å². The van der Waals surface area contributed by atoms with Gasteiger partial charge in [0.05, 0.1) is 4.88 Å². The van der Waals surface area contributed by atoms with Crippen LogP contribution >= 0.6 is 23.1 Å². The molecule has 1 fully saturated rings. The Hall–Kier alpha value is -1.26. The summed E-state index contributed by atoms with van der Waals surface area (Å²) in [6.07, 6.45) is 4.38. The van der Waals surface area contributed by atoms with Crippen LogP contribution in [-0.2, 0) is 0 Å². The highest BCUT2D eigenvalue weighted by atomic mass is 32.2. The second-order valence-electron chi connectivity index (χ2n) is 5.76. The van der Waals surface area contributed by atoms with Crippen molar-refractivity contribution >= 4 is 29.0 Å². The number of benzene rings is 1. The molecule has 4 heteroatoms. The molecule has 0 radical (unpaired) electrons. The van der Waals surface area contributed by atoms with E-state index >= 15 is 0 Å². The highest BCUT2D eigenvalue weighted by Crippen LogP contribution is 2.31. The largest absolute Gasteiger partial charge is 0.338 e. The number of aryl methyl sites for hydroxylation is 1. The fourth-order valence-electron chi connectivity index (χ4n) is 2.87. The van der Waals surface area contributed by atoms with Crippen molar-refractivity contribution in [2.24, 2.45) is 0 Å². The van der Waals surface area contributed by atoms with E-state index in [-0.39, 0.29) is 5.91 Å². The van der Waals surface area contributed by atoms with Gasteiger partial charge < -0.3 is 4.90 Å². The number of carbonyl (C=O) groups excluding carboxylic acids is 1. The number of rotatable bonds is 3. The molecule has 0 spiro atoms. The minimum atomic E-state index is 0.199. The van der Waals surface area contributed by atoms with Gasteiger partial charge in [-0.15, -0.1) is 11.3 Å². The van der Waals surface area contributed by atoms with Gasteiger partial charge in [-0.1, -0.05) is 29.8 Å². The number of carbonyl (C=O) groups is 1. The maximum Gasteiger partial charge on any atom is 0.264 e. The first-order chi connectivity index (χ1) is 10.7. The third-order valence-electron chi connectivity index (χ3n) is 4.28. The third kappa shape index (κ3) is 3.23. The first-order valence-corrected chi connectivity index (χ1v) is 9.82. The fourth-order valence-corrected chi connectivity index (χ4v) is 4.44. The molecule has 1 aliphatic heterocycles. The van der Waals surface area contributed by atoms with Gasteiger partial charge in [-0.3, -0.25) is 4.79 Å². The van der Waals surface area contributed by atoms with Crippen LogP contribution < -0.4 is 0 Å². The molecular weight excluding hydrogens is 310 g/mol. The maximum absolute atomic E-state index is 12.8. The van der Waals surface area contributed by atoms with E-state index in [1.54, 1.807) is 11.3 Å². The Morgan fingerprint density at radius 2 is 1.86 bits per heavy atom. The van der Waals surface area contributed by atoms with Crippen LogP contribution in [-0.4, -0.2) is 35.4 Å². The van der Waals surface area contributed by atoms with Gasteiger partial charge in [0.2, 0.25) is 0 Å². The lowest BCUT2D eigenvalue weighted by Crippen LogP contribution is -2.39. The molecule has 0 unspecified atom stereocenters. The van der Waals surface area contributed by atoms with Gasteiger partial charge in [0.15, 0.2) is 0 Å². The van der Waals surface area contributed by atoms with Gasteiger partial charge in [-0.2, -0.15) is 11.8 Å². The van der Waals surface area contributed by atoms with E-state index in [1.165, 1.54) is 5.56 Å². The van der Waals surface area contributed by atoms with Crippen molar-refractivity contribution in [3.63, 3.8) is 0 Å². The lowest BCUT2D eigenvalue weighted by atomic mass is 10.0. The molecule has 1 saturated heterocycles. The van der Waals surface area contributed by atoms with Gasteiger partial charge in [-0.25, -0.2) is 0 Å². The van der Waals surface area contributed by atoms with E-state index < -0.39 is 0 Å². The number of amides is 1. The maximum atomic E-state index is 12.8. The first-order valence-electron chi connectivity index (χ1n) is 7.65. The quantitative estimate of drug-likeness (QED) is 0.813. The molecule has 1 aliphatic rings. The molecule has 0 atom stereocenters. The summed E-state index contributed by atoms with van der Waals surface area (Å²) in [5, 5.41) is 2.74. The molecule has 1 aromatic heterocycles. The molecule has 0 aliphatic carbocycles. The van der Waals surface area contributed by atoms with Gasteiger partial charge in [0, 0.05) is 23.9 Å². The summed E-state index contributed by atoms with van der Waals surface area (Å²) in [6, 6.07) is 10.5. The number of thioether (sulfide) groups is 1. The third-order valence-corrected chi connectivity index (χ3v) is 6.33. The van der Waals surface area contributed by atoms with Crippen LogP contribution in [0.25, 0.3) is 11.1 Å². The second kappa shape index (κ2) is 6.88. The average molecular weight is 332 g/mol. The predicted octanol–water partition coefficient (Wildman–Crippen LogP) is 4.69. The van der Waals surface area contributed by atoms with Crippen LogP contribution in [0.1, 0.15) is 28.1 Å². The number of piperidine rings is 1. The predicted molar refractivity (Wildman–Crippen MR) is 96.9 cm³/mol. The monoisotopic (exact) mass is 331 g/mol. The lowest BCUT2D eigenvalue weighted by Gasteiger charge is -2.31. The summed E-state index contributed by atoms with van der Waals surface area (Å²) in [5.74, 6) is 0.199. The van der Waals surface area contributed by atoms with Gasteiger partial charge in [-0.05, 0) is 43.0 Å². The molecule has 2 heterocycles. The topological polar surface area (TPSA) is 20.3 Å². The van der Waals surface area contributed by atoms with Crippen LogP contribution in [0.15, 0.2) is 35.7 Å². The summed E-state index contributed by atoms with van der Waals surface area (Å²) < 4.78 is 0. The molecule has 3 rings (SSSR count). The minimum Gasteiger partial charge on any atom is -0.338 e. The van der Waals surface area contributed by atoms with Crippen molar-refractivity contribution in [3.05, 3.63) is 46.2 Å². The van der Waals surface area contributed by atoms with E-state index in [0.717, 1.165) is 41.9 Å². The highest BCUT2D eigenvalue weighted by molar-refractivity contribution is 7.99. The van der Waals surface area contributed by atoms with Crippen molar-refractivity contribution in [1.29, 1.82) is 0 Å². The fraction of sp³-hybridized carbons (Fsp3) is 0.389. The first kappa shape index (κ1) is 15.6. The van der Waals surface area contributed by atoms with Crippen LogP contribution in [0.4, 0.5) is 0 Å². The normalized spacial score (nSPS) is 16.0. The van der Waals surface area contributed by atoms with Crippen LogP contribution in [0, 0.1) is 6.92 Å². The SMILES string of the molecule is CSC1CCN(C(=O)c2sccc2-c2ccc(C)cc2)CC1. The highest BCUT2D eigenvalue weighted by Gasteiger charge is 2.25. The number of hydrogen-bond donors (Lipinski definition) is 0. The Bertz CT molecular complexity index is 639. The van der Waals surface area contributed by atoms with Crippen LogP contribution in [0.5, 0.6) is 0 Å². The van der Waals surface area contributed by atoms with E-state index in [0.29, 0.717) is 5.25 Å². The Morgan fingerprint density at radius 1 is 1.18 bits per heavy atom. The molecule has 0 N–H and O–H groups in total. The molecule has 0 saturated carbocycles. The Kier molecular flexibility index (Phi) is 4.89. The Balaban J connectivity index is 1.80. The lowest BCUT2D eigenvalue weighted by molar-refractivity contribution is 0.0733. The number of likely N-dealkylation sites (tertiary alicyclic amines) is 1. The zero-order chi connectivity index (χ0) is 15.5. The van der Waals surface area contributed by atoms with Gasteiger partial charge in [0.25, 0.3) is 5.91 Å². The molecular formula is C18H21NOS2. The summed E-state index contributed by atoms with van der Waals surface area (Å²) >= 11 is 3.48. The molecule has 2 nitrogen and oxygen atoms in total. The van der Waals surface area contributed by atoms with Crippen molar-refractivity contribution in [2.75, 3.05) is 19.3 Å². The summed E-state index contributed by atoms with van der Waals surface area (Å²) in [6.45, 7) is 3.85. The molecule has 22 heavy (non-hydrogen) atoms. The van der Waals surface area contributed by atoms with E-state index in [1.807, 2.05) is 22.0 Å². The van der Waals surface area contributed by atoms with Gasteiger partial charge >= 0.3 is 0 Å². The molecule has 116 valence electrons. The van der Waals surface area contributed by atoms with Crippen molar-refractivity contribution in [3.8, 4) is 11.1 Å². The smallest absolute Gasteiger partial charge is 0.264 e. The second-order valence-corrected chi connectivity index (χ2v) is 7.81. The van der Waals surface area contributed by atoms with Crippen LogP contribution in [0.3, 0.4) is 0 Å². The van der Waals surface area contributed by atoms with Crippen molar-refractivity contribution in [1.82, 2.24) is 4.90 Å². The number of thiophene rings is 1. The summed E-state index contributed by atoms with van der Waals surface area (Å²) in [7, 11) is 0. The molecule has 0 bridgehead atoms. The summed E-state index contributed by atoms with van der Waals surface area (Å²) in [4.78, 5) is 15.8. The zero-order valence-corrected chi connectivity index (χ0v) is 14.7. The Labute approximate surface area is 140 Å². The number of nitrogens with zero attached hydrogens (tertiary/aromatic N) is 1. The van der Waals surface area contributed by atoms with Crippen molar-refractivity contribution in [2.45, 2.75) is 25.0 Å². The summed E-state index contributed by atoms with van der Waals surface area (Å²) in [5.41, 5.74) is 3.45.